The van der Waals surface area contributed by atoms with Crippen LogP contribution in [0.3, 0.4) is 0 Å². The Morgan fingerprint density at radius 2 is 1.73 bits per heavy atom. The number of rotatable bonds is 4. The number of para-hydroxylation sites is 2. The predicted molar refractivity (Wildman–Crippen MR) is 142 cm³/mol. The number of nitrogens with zero attached hydrogens (tertiary/aromatic N) is 4. The highest BCUT2D eigenvalue weighted by molar-refractivity contribution is 5.84. The molecule has 1 N–H and O–H groups in total. The van der Waals surface area contributed by atoms with Crippen LogP contribution in [0.4, 0.5) is 20.2 Å². The number of nitrogens with one attached hydrogen (secondary N) is 1. The van der Waals surface area contributed by atoms with E-state index in [9.17, 15) is 8.78 Å². The second-order valence-corrected chi connectivity index (χ2v) is 9.57. The molecule has 1 saturated carbocycles. The van der Waals surface area contributed by atoms with Crippen molar-refractivity contribution < 1.29 is 8.78 Å². The van der Waals surface area contributed by atoms with Gasteiger partial charge in [0.15, 0.2) is 11.6 Å². The maximum absolute atomic E-state index is 14.4. The van der Waals surface area contributed by atoms with Crippen LogP contribution in [-0.4, -0.2) is 20.6 Å². The standard InChI is InChI=1S/C30H27F2N5/c1-19-24(11-7-15-33-19)35-26-17-28-30(18-27(26)34-20-8-3-2-4-9-20)37(21-13-14-22(31)23(32)16-21)29-12-6-5-10-25(29)36-28/h5-7,10-18,20,35H,2-4,8-9H2,1H3. The van der Waals surface area contributed by atoms with Crippen LogP contribution in [0.25, 0.3) is 28.1 Å². The Bertz CT molecular complexity index is 1640. The van der Waals surface area contributed by atoms with Gasteiger partial charge in [0.2, 0.25) is 0 Å². The summed E-state index contributed by atoms with van der Waals surface area (Å²) < 4.78 is 30.1. The third-order valence-corrected chi connectivity index (χ3v) is 7.03. The van der Waals surface area contributed by atoms with Crippen LogP contribution < -0.4 is 10.7 Å². The molecule has 0 bridgehead atoms. The van der Waals surface area contributed by atoms with E-state index < -0.39 is 11.6 Å². The lowest BCUT2D eigenvalue weighted by Gasteiger charge is -2.22. The maximum atomic E-state index is 14.4. The minimum Gasteiger partial charge on any atom is -0.352 e. The monoisotopic (exact) mass is 495 g/mol. The molecule has 2 aromatic carbocycles. The lowest BCUT2D eigenvalue weighted by Crippen LogP contribution is -2.19. The first-order valence-electron chi connectivity index (χ1n) is 12.7. The zero-order valence-corrected chi connectivity index (χ0v) is 20.6. The Kier molecular flexibility index (Phi) is 6.12. The Morgan fingerprint density at radius 1 is 0.892 bits per heavy atom. The summed E-state index contributed by atoms with van der Waals surface area (Å²) in [4.78, 5) is 14.5. The molecule has 2 heterocycles. The van der Waals surface area contributed by atoms with Crippen LogP contribution >= 0.6 is 0 Å². The Balaban J connectivity index is 1.64. The number of aryl methyl sites for hydroxylation is 1. The van der Waals surface area contributed by atoms with E-state index in [-0.39, 0.29) is 6.04 Å². The van der Waals surface area contributed by atoms with E-state index in [0.717, 1.165) is 63.8 Å². The second kappa shape index (κ2) is 9.73. The average Bonchev–Trinajstić information content (AvgIpc) is 2.91. The number of benzene rings is 3. The van der Waals surface area contributed by atoms with Crippen LogP contribution in [0.5, 0.6) is 0 Å². The molecule has 0 saturated heterocycles. The summed E-state index contributed by atoms with van der Waals surface area (Å²) in [5.41, 5.74) is 6.19. The van der Waals surface area contributed by atoms with Crippen molar-refractivity contribution in [1.29, 1.82) is 0 Å². The second-order valence-electron chi connectivity index (χ2n) is 9.57. The summed E-state index contributed by atoms with van der Waals surface area (Å²) in [6.07, 6.45) is 7.48. The molecule has 3 aliphatic rings. The molecule has 1 aliphatic heterocycles. The molecule has 1 fully saturated rings. The van der Waals surface area contributed by atoms with Crippen molar-refractivity contribution in [2.75, 3.05) is 5.32 Å². The molecule has 3 aromatic rings. The molecule has 0 amide bonds. The van der Waals surface area contributed by atoms with E-state index in [1.165, 1.54) is 25.3 Å². The van der Waals surface area contributed by atoms with E-state index in [1.807, 2.05) is 60.0 Å². The largest absolute Gasteiger partial charge is 0.352 e. The molecule has 0 radical (unpaired) electrons. The van der Waals surface area contributed by atoms with Crippen LogP contribution in [0, 0.1) is 18.6 Å². The van der Waals surface area contributed by atoms with Gasteiger partial charge in [-0.1, -0.05) is 31.4 Å². The lowest BCUT2D eigenvalue weighted by molar-refractivity contribution is 0.437. The normalized spacial score (nSPS) is 14.9. The lowest BCUT2D eigenvalue weighted by atomic mass is 9.96. The van der Waals surface area contributed by atoms with Crippen molar-refractivity contribution >= 4 is 22.4 Å². The van der Waals surface area contributed by atoms with Crippen molar-refractivity contribution in [3.63, 3.8) is 0 Å². The molecule has 0 unspecified atom stereocenters. The van der Waals surface area contributed by atoms with Crippen LogP contribution in [0.1, 0.15) is 37.8 Å². The van der Waals surface area contributed by atoms with Crippen molar-refractivity contribution in [3.8, 4) is 17.1 Å². The predicted octanol–water partition coefficient (Wildman–Crippen LogP) is 7.09. The summed E-state index contributed by atoms with van der Waals surface area (Å²) in [7, 11) is 0. The first-order chi connectivity index (χ1) is 18.1. The number of halogens is 2. The van der Waals surface area contributed by atoms with Crippen LogP contribution in [-0.2, 0) is 0 Å². The smallest absolute Gasteiger partial charge is 0.160 e. The van der Waals surface area contributed by atoms with Crippen molar-refractivity contribution in [2.45, 2.75) is 45.1 Å². The van der Waals surface area contributed by atoms with Crippen LogP contribution in [0.2, 0.25) is 0 Å². The molecule has 186 valence electrons. The number of fused-ring (bicyclic) bond motifs is 2. The number of aromatic nitrogens is 3. The van der Waals surface area contributed by atoms with E-state index >= 15 is 0 Å². The minimum absolute atomic E-state index is 0.242. The summed E-state index contributed by atoms with van der Waals surface area (Å²) >= 11 is 0. The van der Waals surface area contributed by atoms with E-state index in [1.54, 1.807) is 12.3 Å². The van der Waals surface area contributed by atoms with Crippen molar-refractivity contribution in [2.24, 2.45) is 4.99 Å². The van der Waals surface area contributed by atoms with Crippen molar-refractivity contribution in [1.82, 2.24) is 14.5 Å². The Hall–Kier alpha value is -4.13. The molecule has 7 heteroatoms. The molecule has 0 spiro atoms. The van der Waals surface area contributed by atoms with Gasteiger partial charge < -0.3 is 9.88 Å². The SMILES string of the molecule is Cc1ncccc1Nc1cc2nc3ccccc3n(-c3ccc(F)c(F)c3)c-2cc1=NC1CCCCC1. The summed E-state index contributed by atoms with van der Waals surface area (Å²) in [6.45, 7) is 1.96. The molecule has 5 nitrogen and oxygen atoms in total. The summed E-state index contributed by atoms with van der Waals surface area (Å²) in [5.74, 6) is -1.77. The zero-order valence-electron chi connectivity index (χ0n) is 20.6. The number of hydrogen-bond acceptors (Lipinski definition) is 4. The summed E-state index contributed by atoms with van der Waals surface area (Å²) in [5, 5.41) is 4.35. The third kappa shape index (κ3) is 4.57. The molecule has 0 atom stereocenters. The average molecular weight is 496 g/mol. The van der Waals surface area contributed by atoms with Gasteiger partial charge in [0.25, 0.3) is 0 Å². The first-order valence-corrected chi connectivity index (χ1v) is 12.7. The van der Waals surface area contributed by atoms with Gasteiger partial charge in [-0.15, -0.1) is 0 Å². The molecule has 2 aliphatic carbocycles. The molecular formula is C30H27F2N5. The fourth-order valence-electron chi connectivity index (χ4n) is 5.12. The van der Waals surface area contributed by atoms with Gasteiger partial charge in [-0.25, -0.2) is 13.8 Å². The van der Waals surface area contributed by atoms with Gasteiger partial charge in [-0.2, -0.15) is 0 Å². The molecule has 6 rings (SSSR count). The number of anilines is 2. The van der Waals surface area contributed by atoms with E-state index in [2.05, 4.69) is 10.3 Å². The highest BCUT2D eigenvalue weighted by Gasteiger charge is 2.19. The van der Waals surface area contributed by atoms with Gasteiger partial charge in [0.1, 0.15) is 0 Å². The van der Waals surface area contributed by atoms with E-state index in [0.29, 0.717) is 5.69 Å². The quantitative estimate of drug-likeness (QED) is 0.271. The van der Waals surface area contributed by atoms with Gasteiger partial charge in [0, 0.05) is 18.0 Å². The first kappa shape index (κ1) is 23.3. The topological polar surface area (TPSA) is 55.1 Å². The number of pyridine rings is 1. The molecule has 1 aromatic heterocycles. The number of hydrogen-bond donors (Lipinski definition) is 1. The zero-order chi connectivity index (χ0) is 25.4. The summed E-state index contributed by atoms with van der Waals surface area (Å²) in [6, 6.07) is 19.8. The van der Waals surface area contributed by atoms with Gasteiger partial charge in [0.05, 0.1) is 50.9 Å². The van der Waals surface area contributed by atoms with Crippen molar-refractivity contribution in [3.05, 3.63) is 95.6 Å². The highest BCUT2D eigenvalue weighted by atomic mass is 19.2. The molecular weight excluding hydrogens is 468 g/mol. The van der Waals surface area contributed by atoms with Gasteiger partial charge in [-0.05, 0) is 68.3 Å². The fraction of sp³-hybridized carbons (Fsp3) is 0.233. The Morgan fingerprint density at radius 3 is 2.54 bits per heavy atom. The minimum atomic E-state index is -0.892. The molecule has 37 heavy (non-hydrogen) atoms. The maximum Gasteiger partial charge on any atom is 0.160 e. The van der Waals surface area contributed by atoms with Gasteiger partial charge in [-0.3, -0.25) is 9.98 Å². The van der Waals surface area contributed by atoms with Gasteiger partial charge >= 0.3 is 0 Å². The third-order valence-electron chi connectivity index (χ3n) is 7.03. The van der Waals surface area contributed by atoms with E-state index in [4.69, 9.17) is 9.98 Å². The highest BCUT2D eigenvalue weighted by Crippen LogP contribution is 2.31. The fourth-order valence-corrected chi connectivity index (χ4v) is 5.12. The Labute approximate surface area is 213 Å². The van der Waals surface area contributed by atoms with Crippen LogP contribution in [0.15, 0.2) is 77.9 Å².